The van der Waals surface area contributed by atoms with Crippen LogP contribution in [-0.4, -0.2) is 11.5 Å². The average molecular weight is 244 g/mol. The van der Waals surface area contributed by atoms with Crippen LogP contribution >= 0.6 is 0 Å². The molecule has 0 spiro atoms. The quantitative estimate of drug-likeness (QED) is 0.831. The van der Waals surface area contributed by atoms with Crippen molar-refractivity contribution < 1.29 is 0 Å². The van der Waals surface area contributed by atoms with Crippen molar-refractivity contribution in [3.05, 3.63) is 35.5 Å². The van der Waals surface area contributed by atoms with Crippen molar-refractivity contribution in [1.29, 1.82) is 0 Å². The number of H-pyrrole nitrogens is 1. The van der Waals surface area contributed by atoms with Gasteiger partial charge >= 0.3 is 0 Å². The summed E-state index contributed by atoms with van der Waals surface area (Å²) in [7, 11) is 0. The summed E-state index contributed by atoms with van der Waals surface area (Å²) in [5.74, 6) is 0. The first-order chi connectivity index (χ1) is 8.25. The van der Waals surface area contributed by atoms with Gasteiger partial charge < -0.3 is 10.7 Å². The van der Waals surface area contributed by atoms with Crippen molar-refractivity contribution >= 4 is 10.9 Å². The van der Waals surface area contributed by atoms with Gasteiger partial charge in [-0.05, 0) is 28.7 Å². The molecule has 0 bridgehead atoms. The zero-order valence-electron chi connectivity index (χ0n) is 12.1. The van der Waals surface area contributed by atoms with E-state index in [4.69, 9.17) is 5.73 Å². The van der Waals surface area contributed by atoms with E-state index in [9.17, 15) is 0 Å². The van der Waals surface area contributed by atoms with Crippen molar-refractivity contribution in [2.75, 3.05) is 6.54 Å². The Morgan fingerprint density at radius 2 is 1.78 bits per heavy atom. The summed E-state index contributed by atoms with van der Waals surface area (Å²) in [6.07, 6.45) is 2.10. The van der Waals surface area contributed by atoms with Crippen molar-refractivity contribution in [1.82, 2.24) is 4.98 Å². The maximum atomic E-state index is 5.90. The van der Waals surface area contributed by atoms with E-state index in [0.717, 1.165) is 0 Å². The highest BCUT2D eigenvalue weighted by Gasteiger charge is 2.23. The van der Waals surface area contributed by atoms with E-state index >= 15 is 0 Å². The smallest absolute Gasteiger partial charge is 0.0457 e. The molecule has 0 atom stereocenters. The first-order valence-corrected chi connectivity index (χ1v) is 6.58. The number of fused-ring (bicyclic) bond motifs is 1. The second-order valence-electron chi connectivity index (χ2n) is 6.80. The van der Waals surface area contributed by atoms with E-state index in [1.165, 1.54) is 22.0 Å². The van der Waals surface area contributed by atoms with Crippen LogP contribution in [0.1, 0.15) is 45.7 Å². The predicted octanol–water partition coefficient (Wildman–Crippen LogP) is 3.70. The third-order valence-corrected chi connectivity index (χ3v) is 3.79. The molecule has 0 radical (unpaired) electrons. The van der Waals surface area contributed by atoms with Gasteiger partial charge in [-0.2, -0.15) is 0 Å². The molecule has 0 fully saturated rings. The lowest BCUT2D eigenvalue weighted by Gasteiger charge is -2.23. The zero-order valence-corrected chi connectivity index (χ0v) is 12.1. The number of benzene rings is 1. The van der Waals surface area contributed by atoms with Gasteiger partial charge in [0.15, 0.2) is 0 Å². The largest absolute Gasteiger partial charge is 0.361 e. The van der Waals surface area contributed by atoms with Crippen molar-refractivity contribution in [2.24, 2.45) is 5.73 Å². The highest BCUT2D eigenvalue weighted by molar-refractivity contribution is 5.85. The molecule has 1 aromatic heterocycles. The van der Waals surface area contributed by atoms with Crippen LogP contribution in [0.25, 0.3) is 10.9 Å². The third kappa shape index (κ3) is 2.17. The molecule has 0 amide bonds. The Bertz CT molecular complexity index is 556. The third-order valence-electron chi connectivity index (χ3n) is 3.79. The van der Waals surface area contributed by atoms with Crippen LogP contribution in [0.15, 0.2) is 24.4 Å². The fraction of sp³-hybridized carbons (Fsp3) is 0.500. The average Bonchev–Trinajstić information content (AvgIpc) is 2.71. The molecule has 2 rings (SSSR count). The number of hydrogen-bond donors (Lipinski definition) is 2. The molecule has 98 valence electrons. The first kappa shape index (κ1) is 13.2. The number of nitrogens with two attached hydrogens (primary N) is 1. The number of aromatic nitrogens is 1. The summed E-state index contributed by atoms with van der Waals surface area (Å²) in [6.45, 7) is 11.8. The summed E-state index contributed by atoms with van der Waals surface area (Å²) in [6, 6.07) is 6.68. The number of aromatic amines is 1. The molecule has 3 N–H and O–H groups in total. The monoisotopic (exact) mass is 244 g/mol. The van der Waals surface area contributed by atoms with E-state index in [1.807, 2.05) is 0 Å². The summed E-state index contributed by atoms with van der Waals surface area (Å²) in [4.78, 5) is 3.35. The lowest BCUT2D eigenvalue weighted by molar-refractivity contribution is 0.543. The normalized spacial score (nSPS) is 13.2. The zero-order chi connectivity index (χ0) is 13.6. The van der Waals surface area contributed by atoms with Crippen LogP contribution in [0.3, 0.4) is 0 Å². The summed E-state index contributed by atoms with van der Waals surface area (Å²) in [5, 5.41) is 1.30. The number of hydrogen-bond acceptors (Lipinski definition) is 1. The van der Waals surface area contributed by atoms with Crippen LogP contribution < -0.4 is 5.73 Å². The molecule has 0 saturated carbocycles. The lowest BCUT2D eigenvalue weighted by atomic mass is 9.82. The Balaban J connectivity index is 2.64. The minimum absolute atomic E-state index is 0.00869. The second kappa shape index (κ2) is 4.13. The molecule has 18 heavy (non-hydrogen) atoms. The lowest BCUT2D eigenvalue weighted by Crippen LogP contribution is -2.27. The Hall–Kier alpha value is -1.28. The Morgan fingerprint density at radius 1 is 1.11 bits per heavy atom. The van der Waals surface area contributed by atoms with Crippen LogP contribution in [0.4, 0.5) is 0 Å². The van der Waals surface area contributed by atoms with Crippen molar-refractivity contribution in [2.45, 2.75) is 45.4 Å². The Morgan fingerprint density at radius 3 is 2.33 bits per heavy atom. The van der Waals surface area contributed by atoms with Gasteiger partial charge in [0.05, 0.1) is 0 Å². The van der Waals surface area contributed by atoms with E-state index in [-0.39, 0.29) is 10.8 Å². The standard InChI is InChI=1S/C16H24N2/c1-15(2,3)11-6-7-14-12(8-11)13(9-18-14)16(4,5)10-17/h6-9,18H,10,17H2,1-5H3. The SMILES string of the molecule is CC(C)(C)c1ccc2[nH]cc(C(C)(C)CN)c2c1. The van der Waals surface area contributed by atoms with Gasteiger partial charge in [0.25, 0.3) is 0 Å². The fourth-order valence-electron chi connectivity index (χ4n) is 2.26. The Kier molecular flexibility index (Phi) is 3.02. The summed E-state index contributed by atoms with van der Waals surface area (Å²) in [5.41, 5.74) is 9.95. The van der Waals surface area contributed by atoms with Gasteiger partial charge in [-0.15, -0.1) is 0 Å². The minimum atomic E-state index is 0.00869. The van der Waals surface area contributed by atoms with Crippen molar-refractivity contribution in [3.8, 4) is 0 Å². The van der Waals surface area contributed by atoms with Gasteiger partial charge in [-0.1, -0.05) is 40.7 Å². The second-order valence-corrected chi connectivity index (χ2v) is 6.80. The van der Waals surface area contributed by atoms with Crippen LogP contribution in [0, 0.1) is 0 Å². The highest BCUT2D eigenvalue weighted by atomic mass is 14.7. The van der Waals surface area contributed by atoms with Gasteiger partial charge in [0, 0.05) is 29.1 Å². The van der Waals surface area contributed by atoms with Crippen LogP contribution in [0.2, 0.25) is 0 Å². The van der Waals surface area contributed by atoms with Crippen molar-refractivity contribution in [3.63, 3.8) is 0 Å². The van der Waals surface area contributed by atoms with Gasteiger partial charge in [0.1, 0.15) is 0 Å². The molecule has 0 aliphatic rings. The Labute approximate surface area is 110 Å². The summed E-state index contributed by atoms with van der Waals surface area (Å²) < 4.78 is 0. The van der Waals surface area contributed by atoms with Crippen LogP contribution in [0.5, 0.6) is 0 Å². The predicted molar refractivity (Wildman–Crippen MR) is 79.1 cm³/mol. The molecule has 2 heteroatoms. The topological polar surface area (TPSA) is 41.8 Å². The maximum Gasteiger partial charge on any atom is 0.0457 e. The first-order valence-electron chi connectivity index (χ1n) is 6.58. The molecule has 2 aromatic rings. The van der Waals surface area contributed by atoms with Gasteiger partial charge in [-0.25, -0.2) is 0 Å². The molecule has 0 saturated heterocycles. The molecule has 1 heterocycles. The van der Waals surface area contributed by atoms with E-state index in [0.29, 0.717) is 6.54 Å². The van der Waals surface area contributed by atoms with Gasteiger partial charge in [0.2, 0.25) is 0 Å². The fourth-order valence-corrected chi connectivity index (χ4v) is 2.26. The molecule has 1 aromatic carbocycles. The van der Waals surface area contributed by atoms with E-state index in [2.05, 4.69) is 64.0 Å². The minimum Gasteiger partial charge on any atom is -0.361 e. The van der Waals surface area contributed by atoms with E-state index in [1.54, 1.807) is 0 Å². The number of nitrogens with one attached hydrogen (secondary N) is 1. The van der Waals surface area contributed by atoms with Crippen LogP contribution in [-0.2, 0) is 10.8 Å². The molecular formula is C16H24N2. The molecule has 2 nitrogen and oxygen atoms in total. The van der Waals surface area contributed by atoms with Gasteiger partial charge in [-0.3, -0.25) is 0 Å². The molecule has 0 unspecified atom stereocenters. The highest BCUT2D eigenvalue weighted by Crippen LogP contribution is 2.32. The number of rotatable bonds is 2. The van der Waals surface area contributed by atoms with E-state index < -0.39 is 0 Å². The summed E-state index contributed by atoms with van der Waals surface area (Å²) >= 11 is 0. The molecule has 0 aliphatic heterocycles. The maximum absolute atomic E-state index is 5.90. The molecular weight excluding hydrogens is 220 g/mol. The molecule has 0 aliphatic carbocycles.